The highest BCUT2D eigenvalue weighted by Gasteiger charge is 2.14. The molecule has 1 atom stereocenters. The summed E-state index contributed by atoms with van der Waals surface area (Å²) in [6.07, 6.45) is 3.49. The molecule has 0 spiro atoms. The van der Waals surface area contributed by atoms with Gasteiger partial charge in [0, 0.05) is 16.9 Å². The highest BCUT2D eigenvalue weighted by atomic mass is 16.3. The zero-order chi connectivity index (χ0) is 10.8. The van der Waals surface area contributed by atoms with Crippen LogP contribution in [0.25, 0.3) is 5.70 Å². The number of aliphatic hydroxyl groups is 1. The van der Waals surface area contributed by atoms with Crippen LogP contribution in [0.3, 0.4) is 0 Å². The van der Waals surface area contributed by atoms with Crippen molar-refractivity contribution in [2.24, 2.45) is 5.73 Å². The fourth-order valence-corrected chi connectivity index (χ4v) is 1.98. The average Bonchev–Trinajstić information content (AvgIpc) is 2.17. The minimum atomic E-state index is -0.564. The number of hydrogen-bond acceptors (Lipinski definition) is 3. The number of aliphatic hydroxyl groups excluding tert-OH is 1. The lowest BCUT2D eigenvalue weighted by Crippen LogP contribution is -2.17. The molecule has 1 unspecified atom stereocenters. The molecule has 0 aliphatic heterocycles. The first kappa shape index (κ1) is 10.1. The van der Waals surface area contributed by atoms with Gasteiger partial charge in [0.05, 0.1) is 0 Å². The summed E-state index contributed by atoms with van der Waals surface area (Å²) in [5, 5.41) is 12.3. The van der Waals surface area contributed by atoms with Crippen LogP contribution in [0.2, 0.25) is 0 Å². The first-order valence-corrected chi connectivity index (χ1v) is 5.21. The topological polar surface area (TPSA) is 58.3 Å². The second kappa shape index (κ2) is 3.95. The van der Waals surface area contributed by atoms with Crippen LogP contribution in [-0.2, 0) is 6.42 Å². The van der Waals surface area contributed by atoms with Crippen LogP contribution < -0.4 is 11.1 Å². The van der Waals surface area contributed by atoms with Crippen molar-refractivity contribution >= 4 is 11.4 Å². The van der Waals surface area contributed by atoms with Crippen molar-refractivity contribution in [1.82, 2.24) is 0 Å². The quantitative estimate of drug-likeness (QED) is 0.642. The third kappa shape index (κ3) is 1.97. The van der Waals surface area contributed by atoms with Crippen LogP contribution in [0.4, 0.5) is 5.69 Å². The maximum Gasteiger partial charge on any atom is 0.121 e. The zero-order valence-corrected chi connectivity index (χ0v) is 8.83. The second-order valence-corrected chi connectivity index (χ2v) is 3.86. The molecular weight excluding hydrogens is 188 g/mol. The molecule has 0 radical (unpaired) electrons. The Balaban J connectivity index is 2.45. The van der Waals surface area contributed by atoms with E-state index in [1.165, 1.54) is 5.56 Å². The normalized spacial score (nSPS) is 16.5. The van der Waals surface area contributed by atoms with Gasteiger partial charge in [-0.2, -0.15) is 0 Å². The van der Waals surface area contributed by atoms with Crippen LogP contribution in [0.5, 0.6) is 0 Å². The molecule has 80 valence electrons. The van der Waals surface area contributed by atoms with Gasteiger partial charge in [-0.25, -0.2) is 0 Å². The molecule has 3 heteroatoms. The standard InChI is InChI=1S/C12H16N2O/c1-8(15)14-11-7-3-5-9-4-2-6-10(13)12(9)11/h3,5-8,14-15H,2,4,13H2,1H3. The summed E-state index contributed by atoms with van der Waals surface area (Å²) in [5.74, 6) is 0. The number of hydrogen-bond donors (Lipinski definition) is 3. The van der Waals surface area contributed by atoms with E-state index in [9.17, 15) is 5.11 Å². The van der Waals surface area contributed by atoms with Gasteiger partial charge in [0.15, 0.2) is 0 Å². The van der Waals surface area contributed by atoms with Crippen LogP contribution in [0.15, 0.2) is 24.3 Å². The van der Waals surface area contributed by atoms with E-state index >= 15 is 0 Å². The Morgan fingerprint density at radius 2 is 2.27 bits per heavy atom. The van der Waals surface area contributed by atoms with Crippen molar-refractivity contribution in [3.8, 4) is 0 Å². The summed E-state index contributed by atoms with van der Waals surface area (Å²) in [6.45, 7) is 1.70. The van der Waals surface area contributed by atoms with Gasteiger partial charge in [-0.3, -0.25) is 0 Å². The number of aryl methyl sites for hydroxylation is 1. The molecule has 0 saturated heterocycles. The lowest BCUT2D eigenvalue weighted by atomic mass is 9.93. The van der Waals surface area contributed by atoms with E-state index in [4.69, 9.17) is 5.73 Å². The fourth-order valence-electron chi connectivity index (χ4n) is 1.98. The Kier molecular flexibility index (Phi) is 2.64. The van der Waals surface area contributed by atoms with Crippen molar-refractivity contribution in [2.45, 2.75) is 26.0 Å². The van der Waals surface area contributed by atoms with Crippen LogP contribution in [0.1, 0.15) is 24.5 Å². The van der Waals surface area contributed by atoms with Gasteiger partial charge >= 0.3 is 0 Å². The lowest BCUT2D eigenvalue weighted by Gasteiger charge is -2.20. The van der Waals surface area contributed by atoms with E-state index < -0.39 is 6.23 Å². The van der Waals surface area contributed by atoms with Crippen LogP contribution in [0, 0.1) is 0 Å². The Morgan fingerprint density at radius 3 is 3.00 bits per heavy atom. The van der Waals surface area contributed by atoms with Crippen LogP contribution >= 0.6 is 0 Å². The van der Waals surface area contributed by atoms with Gasteiger partial charge in [-0.1, -0.05) is 18.2 Å². The molecule has 0 bridgehead atoms. The molecule has 1 aromatic carbocycles. The smallest absolute Gasteiger partial charge is 0.121 e. The highest BCUT2D eigenvalue weighted by molar-refractivity contribution is 5.78. The number of nitrogens with two attached hydrogens (primary N) is 1. The number of fused-ring (bicyclic) bond motifs is 1. The van der Waals surface area contributed by atoms with E-state index in [1.54, 1.807) is 6.92 Å². The summed E-state index contributed by atoms with van der Waals surface area (Å²) < 4.78 is 0. The molecule has 0 heterocycles. The molecule has 4 N–H and O–H groups in total. The first-order valence-electron chi connectivity index (χ1n) is 5.21. The predicted molar refractivity (Wildman–Crippen MR) is 62.2 cm³/mol. The maximum atomic E-state index is 9.32. The lowest BCUT2D eigenvalue weighted by molar-refractivity contribution is 0.224. The molecule has 1 aliphatic carbocycles. The minimum absolute atomic E-state index is 0.564. The van der Waals surface area contributed by atoms with Gasteiger partial charge in [0.2, 0.25) is 0 Å². The SMILES string of the molecule is CC(O)Nc1cccc2c1C(N)=CCC2. The molecule has 1 aliphatic rings. The van der Waals surface area contributed by atoms with Crippen molar-refractivity contribution in [3.63, 3.8) is 0 Å². The van der Waals surface area contributed by atoms with Gasteiger partial charge < -0.3 is 16.2 Å². The number of nitrogens with one attached hydrogen (secondary N) is 1. The largest absolute Gasteiger partial charge is 0.398 e. The molecule has 0 saturated carbocycles. The third-order valence-corrected chi connectivity index (χ3v) is 2.58. The average molecular weight is 204 g/mol. The van der Waals surface area contributed by atoms with E-state index in [0.717, 1.165) is 29.8 Å². The van der Waals surface area contributed by atoms with Gasteiger partial charge in [0.25, 0.3) is 0 Å². The molecule has 0 amide bonds. The summed E-state index contributed by atoms with van der Waals surface area (Å²) in [7, 11) is 0. The second-order valence-electron chi connectivity index (χ2n) is 3.86. The number of benzene rings is 1. The van der Waals surface area contributed by atoms with Crippen molar-refractivity contribution in [1.29, 1.82) is 0 Å². The number of rotatable bonds is 2. The molecule has 0 aromatic heterocycles. The fraction of sp³-hybridized carbons (Fsp3) is 0.333. The van der Waals surface area contributed by atoms with E-state index in [-0.39, 0.29) is 0 Å². The summed E-state index contributed by atoms with van der Waals surface area (Å²) in [5.41, 5.74) is 9.98. The summed E-state index contributed by atoms with van der Waals surface area (Å²) in [4.78, 5) is 0. The summed E-state index contributed by atoms with van der Waals surface area (Å²) in [6, 6.07) is 6.02. The molecular formula is C12H16N2O. The van der Waals surface area contributed by atoms with E-state index in [0.29, 0.717) is 0 Å². The maximum absolute atomic E-state index is 9.32. The summed E-state index contributed by atoms with van der Waals surface area (Å²) >= 11 is 0. The Bertz CT molecular complexity index is 397. The minimum Gasteiger partial charge on any atom is -0.398 e. The monoisotopic (exact) mass is 204 g/mol. The molecule has 2 rings (SSSR count). The van der Waals surface area contributed by atoms with Crippen molar-refractivity contribution in [3.05, 3.63) is 35.4 Å². The zero-order valence-electron chi connectivity index (χ0n) is 8.83. The van der Waals surface area contributed by atoms with E-state index in [2.05, 4.69) is 11.4 Å². The Hall–Kier alpha value is -1.48. The molecule has 0 fully saturated rings. The number of anilines is 1. The first-order chi connectivity index (χ1) is 7.18. The van der Waals surface area contributed by atoms with E-state index in [1.807, 2.05) is 18.2 Å². The molecule has 15 heavy (non-hydrogen) atoms. The predicted octanol–water partition coefficient (Wildman–Crippen LogP) is 1.68. The highest BCUT2D eigenvalue weighted by Crippen LogP contribution is 2.30. The Labute approximate surface area is 89.6 Å². The van der Waals surface area contributed by atoms with Gasteiger partial charge in [0.1, 0.15) is 6.23 Å². The Morgan fingerprint density at radius 1 is 1.47 bits per heavy atom. The van der Waals surface area contributed by atoms with Gasteiger partial charge in [-0.05, 0) is 31.4 Å². The van der Waals surface area contributed by atoms with Crippen LogP contribution in [-0.4, -0.2) is 11.3 Å². The molecule has 3 nitrogen and oxygen atoms in total. The van der Waals surface area contributed by atoms with Crippen molar-refractivity contribution in [2.75, 3.05) is 5.32 Å². The van der Waals surface area contributed by atoms with Gasteiger partial charge in [-0.15, -0.1) is 0 Å². The number of allylic oxidation sites excluding steroid dienone is 1. The van der Waals surface area contributed by atoms with Crippen molar-refractivity contribution < 1.29 is 5.11 Å². The third-order valence-electron chi connectivity index (χ3n) is 2.58. The molecule has 1 aromatic rings.